The number of nitrogens with two attached hydrogens (primary N) is 1. The van der Waals surface area contributed by atoms with Gasteiger partial charge in [0.25, 0.3) is 0 Å². The van der Waals surface area contributed by atoms with Gasteiger partial charge in [0, 0.05) is 23.8 Å². The molecule has 1 aromatic carbocycles. The van der Waals surface area contributed by atoms with Crippen molar-refractivity contribution in [1.29, 1.82) is 0 Å². The van der Waals surface area contributed by atoms with Gasteiger partial charge in [-0.05, 0) is 47.8 Å². The van der Waals surface area contributed by atoms with Gasteiger partial charge in [-0.25, -0.2) is 4.98 Å². The number of hydrogen-bond donors (Lipinski definition) is 1. The second-order valence-electron chi connectivity index (χ2n) is 5.29. The van der Waals surface area contributed by atoms with Crippen LogP contribution in [0.4, 0.5) is 0 Å². The minimum Gasteiger partial charge on any atom is -0.496 e. The van der Waals surface area contributed by atoms with Gasteiger partial charge in [-0.15, -0.1) is 0 Å². The van der Waals surface area contributed by atoms with E-state index >= 15 is 0 Å². The van der Waals surface area contributed by atoms with E-state index < -0.39 is 0 Å². The van der Waals surface area contributed by atoms with Crippen LogP contribution in [0.15, 0.2) is 22.9 Å². The van der Waals surface area contributed by atoms with Gasteiger partial charge in [-0.1, -0.05) is 11.6 Å². The van der Waals surface area contributed by atoms with Crippen LogP contribution in [0.5, 0.6) is 5.75 Å². The fraction of sp³-hybridized carbons (Fsp3) is 0.400. The van der Waals surface area contributed by atoms with Crippen LogP contribution in [0, 0.1) is 6.92 Å². The first kappa shape index (κ1) is 13.6. The molecule has 0 bridgehead atoms. The summed E-state index contributed by atoms with van der Waals surface area (Å²) in [5.41, 5.74) is 10.5. The molecule has 0 saturated heterocycles. The van der Waals surface area contributed by atoms with E-state index in [9.17, 15) is 0 Å². The van der Waals surface area contributed by atoms with Crippen molar-refractivity contribution >= 4 is 15.9 Å². The number of aromatic nitrogens is 2. The van der Waals surface area contributed by atoms with Gasteiger partial charge in [0.2, 0.25) is 0 Å². The third kappa shape index (κ3) is 2.25. The Hall–Kier alpha value is -1.33. The lowest BCUT2D eigenvalue weighted by Crippen LogP contribution is -2.31. The molecule has 0 fully saturated rings. The highest BCUT2D eigenvalue weighted by Gasteiger charge is 2.24. The number of methoxy groups -OCH3 is 1. The van der Waals surface area contributed by atoms with Gasteiger partial charge in [0.15, 0.2) is 4.73 Å². The summed E-state index contributed by atoms with van der Waals surface area (Å²) in [4.78, 5) is 4.69. The SMILES string of the molecule is COc1ccc(C)cc1-c1nc(Br)n2c1CCC(N)C2. The normalized spacial score (nSPS) is 17.9. The molecule has 0 spiro atoms. The van der Waals surface area contributed by atoms with E-state index in [1.807, 2.05) is 6.07 Å². The topological polar surface area (TPSA) is 53.1 Å². The molecule has 106 valence electrons. The van der Waals surface area contributed by atoms with Crippen LogP contribution in [-0.2, 0) is 13.0 Å². The van der Waals surface area contributed by atoms with Crippen molar-refractivity contribution in [3.8, 4) is 17.0 Å². The monoisotopic (exact) mass is 335 g/mol. The lowest BCUT2D eigenvalue weighted by atomic mass is 10.00. The highest BCUT2D eigenvalue weighted by Crippen LogP contribution is 2.36. The molecule has 1 aliphatic rings. The van der Waals surface area contributed by atoms with Crippen LogP contribution >= 0.6 is 15.9 Å². The van der Waals surface area contributed by atoms with Crippen LogP contribution in [-0.4, -0.2) is 22.7 Å². The fourth-order valence-electron chi connectivity index (χ4n) is 2.77. The van der Waals surface area contributed by atoms with Gasteiger partial charge in [-0.3, -0.25) is 0 Å². The molecular weight excluding hydrogens is 318 g/mol. The first-order valence-electron chi connectivity index (χ1n) is 6.75. The molecule has 1 unspecified atom stereocenters. The summed E-state index contributed by atoms with van der Waals surface area (Å²) in [6, 6.07) is 6.39. The second-order valence-corrected chi connectivity index (χ2v) is 6.00. The van der Waals surface area contributed by atoms with Crippen molar-refractivity contribution in [2.75, 3.05) is 7.11 Å². The van der Waals surface area contributed by atoms with Crippen molar-refractivity contribution in [3.05, 3.63) is 34.2 Å². The summed E-state index contributed by atoms with van der Waals surface area (Å²) >= 11 is 3.55. The average molecular weight is 336 g/mol. The zero-order valence-electron chi connectivity index (χ0n) is 11.7. The Labute approximate surface area is 127 Å². The molecule has 3 rings (SSSR count). The van der Waals surface area contributed by atoms with Crippen LogP contribution in [0.2, 0.25) is 0 Å². The largest absolute Gasteiger partial charge is 0.496 e. The number of imidazole rings is 1. The Morgan fingerprint density at radius 2 is 2.25 bits per heavy atom. The minimum absolute atomic E-state index is 0.209. The molecule has 2 heterocycles. The summed E-state index contributed by atoms with van der Waals surface area (Å²) in [5.74, 6) is 0.860. The quantitative estimate of drug-likeness (QED) is 0.917. The van der Waals surface area contributed by atoms with Crippen LogP contribution < -0.4 is 10.5 Å². The Morgan fingerprint density at radius 3 is 3.00 bits per heavy atom. The maximum absolute atomic E-state index is 6.05. The van der Waals surface area contributed by atoms with E-state index in [4.69, 9.17) is 15.5 Å². The number of nitrogens with zero attached hydrogens (tertiary/aromatic N) is 2. The summed E-state index contributed by atoms with van der Waals surface area (Å²) in [5, 5.41) is 0. The number of fused-ring (bicyclic) bond motifs is 1. The highest BCUT2D eigenvalue weighted by molar-refractivity contribution is 9.10. The first-order valence-corrected chi connectivity index (χ1v) is 7.55. The molecule has 20 heavy (non-hydrogen) atoms. The minimum atomic E-state index is 0.209. The maximum atomic E-state index is 6.05. The smallest absolute Gasteiger partial charge is 0.177 e. The summed E-state index contributed by atoms with van der Waals surface area (Å²) < 4.78 is 8.51. The first-order chi connectivity index (χ1) is 9.60. The number of benzene rings is 1. The second kappa shape index (κ2) is 5.22. The fourth-order valence-corrected chi connectivity index (χ4v) is 3.30. The maximum Gasteiger partial charge on any atom is 0.177 e. The molecule has 0 amide bonds. The Morgan fingerprint density at radius 1 is 1.45 bits per heavy atom. The van der Waals surface area contributed by atoms with Gasteiger partial charge in [0.1, 0.15) is 5.75 Å². The van der Waals surface area contributed by atoms with Crippen LogP contribution in [0.25, 0.3) is 11.3 Å². The number of halogens is 1. The summed E-state index contributed by atoms with van der Waals surface area (Å²) in [6.07, 6.45) is 1.95. The van der Waals surface area contributed by atoms with Gasteiger partial charge in [-0.2, -0.15) is 0 Å². The third-order valence-electron chi connectivity index (χ3n) is 3.81. The third-order valence-corrected chi connectivity index (χ3v) is 4.41. The molecule has 2 N–H and O–H groups in total. The molecule has 1 aromatic heterocycles. The Balaban J connectivity index is 2.16. The number of rotatable bonds is 2. The molecule has 2 aromatic rings. The molecule has 0 radical (unpaired) electrons. The van der Waals surface area contributed by atoms with Crippen LogP contribution in [0.3, 0.4) is 0 Å². The van der Waals surface area contributed by atoms with Crippen molar-refractivity contribution in [3.63, 3.8) is 0 Å². The molecule has 0 aliphatic carbocycles. The lowest BCUT2D eigenvalue weighted by Gasteiger charge is -2.22. The van der Waals surface area contributed by atoms with E-state index in [1.54, 1.807) is 7.11 Å². The lowest BCUT2D eigenvalue weighted by molar-refractivity contribution is 0.416. The molecule has 5 heteroatoms. The zero-order valence-corrected chi connectivity index (χ0v) is 13.3. The summed E-state index contributed by atoms with van der Waals surface area (Å²) in [7, 11) is 1.70. The standard InChI is InChI=1S/C15H18BrN3O/c1-9-3-6-13(20-2)11(7-9)14-12-5-4-10(17)8-19(12)15(16)18-14/h3,6-7,10H,4-5,8,17H2,1-2H3. The predicted octanol–water partition coefficient (Wildman–Crippen LogP) is 2.90. The van der Waals surface area contributed by atoms with E-state index in [-0.39, 0.29) is 6.04 Å². The van der Waals surface area contributed by atoms with Crippen LogP contribution in [0.1, 0.15) is 17.7 Å². The van der Waals surface area contributed by atoms with E-state index in [0.29, 0.717) is 0 Å². The molecule has 4 nitrogen and oxygen atoms in total. The number of hydrogen-bond acceptors (Lipinski definition) is 3. The van der Waals surface area contributed by atoms with E-state index in [1.165, 1.54) is 11.3 Å². The molecule has 1 atom stereocenters. The summed E-state index contributed by atoms with van der Waals surface area (Å²) in [6.45, 7) is 2.90. The molecule has 1 aliphatic heterocycles. The van der Waals surface area contributed by atoms with Gasteiger partial charge >= 0.3 is 0 Å². The van der Waals surface area contributed by atoms with Gasteiger partial charge < -0.3 is 15.0 Å². The Kier molecular flexibility index (Phi) is 3.56. The Bertz CT molecular complexity index is 651. The molecular formula is C15H18BrN3O. The predicted molar refractivity (Wildman–Crippen MR) is 82.9 cm³/mol. The van der Waals surface area contributed by atoms with E-state index in [0.717, 1.165) is 41.1 Å². The number of aryl methyl sites for hydroxylation is 1. The highest BCUT2D eigenvalue weighted by atomic mass is 79.9. The van der Waals surface area contributed by atoms with Crippen molar-refractivity contribution in [1.82, 2.24) is 9.55 Å². The van der Waals surface area contributed by atoms with E-state index in [2.05, 4.69) is 39.6 Å². The van der Waals surface area contributed by atoms with Crippen molar-refractivity contribution < 1.29 is 4.74 Å². The zero-order chi connectivity index (χ0) is 14.3. The molecule has 0 saturated carbocycles. The average Bonchev–Trinajstić information content (AvgIpc) is 2.75. The van der Waals surface area contributed by atoms with Crippen molar-refractivity contribution in [2.45, 2.75) is 32.4 Å². The van der Waals surface area contributed by atoms with Gasteiger partial charge in [0.05, 0.1) is 12.8 Å². The van der Waals surface area contributed by atoms with Crippen molar-refractivity contribution in [2.24, 2.45) is 5.73 Å². The number of ether oxygens (including phenoxy) is 1.